The minimum Gasteiger partial charge on any atom is -0.495 e. The van der Waals surface area contributed by atoms with E-state index in [1.54, 1.807) is 18.2 Å². The van der Waals surface area contributed by atoms with Crippen molar-refractivity contribution in [2.75, 3.05) is 17.3 Å². The first-order valence-electron chi connectivity index (χ1n) is 10.2. The highest BCUT2D eigenvalue weighted by Crippen LogP contribution is 2.39. The maximum Gasteiger partial charge on any atom is 0.282 e. The summed E-state index contributed by atoms with van der Waals surface area (Å²) in [6.45, 7) is 5.99. The molecule has 0 atom stereocenters. The van der Waals surface area contributed by atoms with Gasteiger partial charge in [0.25, 0.3) is 11.8 Å². The van der Waals surface area contributed by atoms with Gasteiger partial charge in [-0.05, 0) is 67.8 Å². The summed E-state index contributed by atoms with van der Waals surface area (Å²) in [5.74, 6) is -0.526. The number of carbonyl (C=O) groups is 2. The average molecular weight is 447 g/mol. The number of amides is 2. The molecule has 1 N–H and O–H groups in total. The summed E-state index contributed by atoms with van der Waals surface area (Å²) < 4.78 is 5.40. The molecule has 0 radical (unpaired) electrons. The van der Waals surface area contributed by atoms with Crippen LogP contribution in [0.4, 0.5) is 11.4 Å². The molecule has 6 heteroatoms. The van der Waals surface area contributed by atoms with E-state index in [2.05, 4.69) is 5.32 Å². The van der Waals surface area contributed by atoms with E-state index in [1.807, 2.05) is 63.2 Å². The Labute approximate surface area is 192 Å². The van der Waals surface area contributed by atoms with Crippen LogP contribution in [0.5, 0.6) is 5.75 Å². The molecule has 3 aromatic rings. The number of ether oxygens (including phenoxy) is 1. The third kappa shape index (κ3) is 3.87. The lowest BCUT2D eigenvalue weighted by Crippen LogP contribution is -2.32. The van der Waals surface area contributed by atoms with Crippen molar-refractivity contribution >= 4 is 40.4 Å². The number of aryl methyl sites for hydroxylation is 3. The number of methoxy groups -OCH3 is 1. The SMILES string of the molecule is COc1ccc(Cl)cc1N1C(=O)C(Nc2ccc(C)c(C)c2)=C(c2ccc(C)cc2)C1=O. The van der Waals surface area contributed by atoms with E-state index in [-0.39, 0.29) is 5.70 Å². The van der Waals surface area contributed by atoms with Crippen LogP contribution in [0.15, 0.2) is 66.4 Å². The lowest BCUT2D eigenvalue weighted by Gasteiger charge is -2.18. The maximum atomic E-state index is 13.6. The molecule has 162 valence electrons. The minimum atomic E-state index is -0.468. The van der Waals surface area contributed by atoms with Gasteiger partial charge in [0.05, 0.1) is 18.4 Å². The fraction of sp³-hybridized carbons (Fsp3) is 0.154. The van der Waals surface area contributed by atoms with E-state index in [0.717, 1.165) is 27.3 Å². The van der Waals surface area contributed by atoms with Crippen molar-refractivity contribution in [3.8, 4) is 5.75 Å². The number of halogens is 1. The van der Waals surface area contributed by atoms with Crippen LogP contribution in [0.2, 0.25) is 5.02 Å². The predicted octanol–water partition coefficient (Wildman–Crippen LogP) is 5.67. The van der Waals surface area contributed by atoms with Gasteiger partial charge in [0, 0.05) is 10.7 Å². The van der Waals surface area contributed by atoms with Gasteiger partial charge in [0.1, 0.15) is 11.4 Å². The van der Waals surface area contributed by atoms with E-state index in [0.29, 0.717) is 27.6 Å². The molecule has 4 rings (SSSR count). The van der Waals surface area contributed by atoms with Crippen molar-refractivity contribution in [1.29, 1.82) is 0 Å². The number of nitrogens with zero attached hydrogens (tertiary/aromatic N) is 1. The zero-order valence-electron chi connectivity index (χ0n) is 18.3. The van der Waals surface area contributed by atoms with Gasteiger partial charge >= 0.3 is 0 Å². The van der Waals surface area contributed by atoms with E-state index >= 15 is 0 Å². The maximum absolute atomic E-state index is 13.6. The third-order valence-corrected chi connectivity index (χ3v) is 5.82. The summed E-state index contributed by atoms with van der Waals surface area (Å²) in [6.07, 6.45) is 0. The number of anilines is 2. The molecule has 0 aromatic heterocycles. The minimum absolute atomic E-state index is 0.212. The Morgan fingerprint density at radius 3 is 2.22 bits per heavy atom. The summed E-state index contributed by atoms with van der Waals surface area (Å²) >= 11 is 6.18. The van der Waals surface area contributed by atoms with Crippen LogP contribution < -0.4 is 15.0 Å². The van der Waals surface area contributed by atoms with Gasteiger partial charge < -0.3 is 10.1 Å². The van der Waals surface area contributed by atoms with Crippen molar-refractivity contribution in [1.82, 2.24) is 0 Å². The van der Waals surface area contributed by atoms with Gasteiger partial charge in [-0.1, -0.05) is 47.5 Å². The number of carbonyl (C=O) groups excluding carboxylic acids is 2. The zero-order valence-corrected chi connectivity index (χ0v) is 19.1. The van der Waals surface area contributed by atoms with E-state index in [1.165, 1.54) is 7.11 Å². The largest absolute Gasteiger partial charge is 0.495 e. The number of benzene rings is 3. The summed E-state index contributed by atoms with van der Waals surface area (Å²) in [7, 11) is 1.49. The van der Waals surface area contributed by atoms with Crippen LogP contribution in [0.1, 0.15) is 22.3 Å². The second-order valence-electron chi connectivity index (χ2n) is 7.80. The molecule has 0 aliphatic carbocycles. The molecule has 32 heavy (non-hydrogen) atoms. The predicted molar refractivity (Wildman–Crippen MR) is 128 cm³/mol. The Bertz CT molecular complexity index is 1260. The summed E-state index contributed by atoms with van der Waals surface area (Å²) in [5.41, 5.74) is 5.48. The van der Waals surface area contributed by atoms with Gasteiger partial charge in [-0.25, -0.2) is 4.90 Å². The van der Waals surface area contributed by atoms with Crippen LogP contribution in [-0.4, -0.2) is 18.9 Å². The van der Waals surface area contributed by atoms with Gasteiger partial charge in [-0.2, -0.15) is 0 Å². The smallest absolute Gasteiger partial charge is 0.282 e. The highest BCUT2D eigenvalue weighted by Gasteiger charge is 2.41. The number of hydrogen-bond donors (Lipinski definition) is 1. The summed E-state index contributed by atoms with van der Waals surface area (Å²) in [5, 5.41) is 3.59. The van der Waals surface area contributed by atoms with E-state index < -0.39 is 11.8 Å². The van der Waals surface area contributed by atoms with Gasteiger partial charge in [0.2, 0.25) is 0 Å². The fourth-order valence-electron chi connectivity index (χ4n) is 3.65. The Morgan fingerprint density at radius 2 is 1.56 bits per heavy atom. The van der Waals surface area contributed by atoms with Crippen LogP contribution in [0.25, 0.3) is 5.57 Å². The van der Waals surface area contributed by atoms with E-state index in [9.17, 15) is 9.59 Å². The molecule has 2 amide bonds. The molecule has 0 saturated heterocycles. The van der Waals surface area contributed by atoms with Crippen molar-refractivity contribution < 1.29 is 14.3 Å². The molecule has 0 saturated carbocycles. The molecular weight excluding hydrogens is 424 g/mol. The lowest BCUT2D eigenvalue weighted by molar-refractivity contribution is -0.120. The Morgan fingerprint density at radius 1 is 0.844 bits per heavy atom. The van der Waals surface area contributed by atoms with Gasteiger partial charge in [-0.15, -0.1) is 0 Å². The lowest BCUT2D eigenvalue weighted by atomic mass is 10.0. The van der Waals surface area contributed by atoms with Crippen LogP contribution in [0.3, 0.4) is 0 Å². The second-order valence-corrected chi connectivity index (χ2v) is 8.24. The monoisotopic (exact) mass is 446 g/mol. The topological polar surface area (TPSA) is 58.6 Å². The molecule has 3 aromatic carbocycles. The quantitative estimate of drug-likeness (QED) is 0.513. The average Bonchev–Trinajstić information content (AvgIpc) is 3.00. The highest BCUT2D eigenvalue weighted by molar-refractivity contribution is 6.46. The second kappa shape index (κ2) is 8.52. The van der Waals surface area contributed by atoms with Crippen LogP contribution >= 0.6 is 11.6 Å². The highest BCUT2D eigenvalue weighted by atomic mass is 35.5. The first-order chi connectivity index (χ1) is 15.3. The molecule has 0 bridgehead atoms. The molecule has 0 fully saturated rings. The first-order valence-corrected chi connectivity index (χ1v) is 10.6. The van der Waals surface area contributed by atoms with Crippen molar-refractivity contribution in [2.24, 2.45) is 0 Å². The molecule has 1 heterocycles. The fourth-order valence-corrected chi connectivity index (χ4v) is 3.82. The van der Waals surface area contributed by atoms with Gasteiger partial charge in [0.15, 0.2) is 0 Å². The van der Waals surface area contributed by atoms with Crippen LogP contribution in [0, 0.1) is 20.8 Å². The summed E-state index contributed by atoms with van der Waals surface area (Å²) in [6, 6.07) is 18.2. The van der Waals surface area contributed by atoms with Gasteiger partial charge in [-0.3, -0.25) is 9.59 Å². The Kier molecular flexibility index (Phi) is 5.76. The number of nitrogens with one attached hydrogen (secondary N) is 1. The zero-order chi connectivity index (χ0) is 23.0. The number of hydrogen-bond acceptors (Lipinski definition) is 4. The van der Waals surface area contributed by atoms with Crippen molar-refractivity contribution in [3.63, 3.8) is 0 Å². The number of rotatable bonds is 5. The normalized spacial score (nSPS) is 13.7. The molecule has 1 aliphatic rings. The Hall–Kier alpha value is -3.57. The number of imide groups is 1. The Balaban J connectivity index is 1.86. The first kappa shape index (κ1) is 21.7. The van der Waals surface area contributed by atoms with Crippen LogP contribution in [-0.2, 0) is 9.59 Å². The van der Waals surface area contributed by atoms with Crippen molar-refractivity contribution in [2.45, 2.75) is 20.8 Å². The van der Waals surface area contributed by atoms with Crippen molar-refractivity contribution in [3.05, 3.63) is 93.6 Å². The molecule has 0 unspecified atom stereocenters. The molecular formula is C26H23ClN2O3. The standard InChI is InChI=1S/C26H23ClN2O3/c1-15-5-8-18(9-6-15)23-24(28-20-11-7-16(2)17(3)13-20)26(31)29(25(23)30)21-14-19(27)10-12-22(21)32-4/h5-14,28H,1-4H3. The molecule has 0 spiro atoms. The van der Waals surface area contributed by atoms with E-state index in [4.69, 9.17) is 16.3 Å². The molecule has 5 nitrogen and oxygen atoms in total. The third-order valence-electron chi connectivity index (χ3n) is 5.58. The summed E-state index contributed by atoms with van der Waals surface area (Å²) in [4.78, 5) is 28.3. The molecule has 1 aliphatic heterocycles.